The van der Waals surface area contributed by atoms with Gasteiger partial charge < -0.3 is 0 Å². The van der Waals surface area contributed by atoms with Crippen molar-refractivity contribution in [2.24, 2.45) is 0 Å². The summed E-state index contributed by atoms with van der Waals surface area (Å²) in [6, 6.07) is 0. The van der Waals surface area contributed by atoms with E-state index in [1.54, 1.807) is 12.3 Å². The van der Waals surface area contributed by atoms with Crippen molar-refractivity contribution in [1.29, 1.82) is 0 Å². The van der Waals surface area contributed by atoms with Gasteiger partial charge in [-0.15, -0.1) is 52.6 Å². The van der Waals surface area contributed by atoms with Crippen LogP contribution in [0.25, 0.3) is 0 Å². The number of allylic oxidation sites excluding steroid dienone is 1. The topological polar surface area (TPSA) is 37.4 Å². The highest BCUT2D eigenvalue weighted by Crippen LogP contribution is 2.11. The summed E-state index contributed by atoms with van der Waals surface area (Å²) < 4.78 is 0. The predicted octanol–water partition coefficient (Wildman–Crippen LogP) is 4.27. The van der Waals surface area contributed by atoms with E-state index in [1.807, 2.05) is 6.92 Å². The minimum Gasteiger partial charge on any atom is -0.274 e. The summed E-state index contributed by atoms with van der Waals surface area (Å²) in [5.74, 6) is -0.167. The van der Waals surface area contributed by atoms with Gasteiger partial charge in [-0.05, 0) is 6.42 Å². The van der Waals surface area contributed by atoms with Crippen LogP contribution in [0, 0.1) is 0 Å². The van der Waals surface area contributed by atoms with Crippen molar-refractivity contribution in [2.75, 3.05) is 0 Å². The van der Waals surface area contributed by atoms with Gasteiger partial charge in [0.05, 0.1) is 0 Å². The number of hydrogen-bond donors (Lipinski definition) is 0. The van der Waals surface area contributed by atoms with Crippen LogP contribution in [0.1, 0.15) is 26.2 Å². The standard InChI is InChI=1S/C8H11NO2.4C2H4/c1-2-3-6-9-7(10)4-5-8(9)11;4*1-2/h3,6H,2,4-5H2,1H3;4*1-2H2/b6-3+;;;;. The predicted molar refractivity (Wildman–Crippen MR) is 85.5 cm³/mol. The number of imide groups is 1. The summed E-state index contributed by atoms with van der Waals surface area (Å²) >= 11 is 0. The molecule has 0 atom stereocenters. The molecule has 0 aromatic rings. The summed E-state index contributed by atoms with van der Waals surface area (Å²) in [7, 11) is 0. The number of likely N-dealkylation sites (tertiary alicyclic amines) is 1. The lowest BCUT2D eigenvalue weighted by molar-refractivity contribution is -0.135. The van der Waals surface area contributed by atoms with E-state index in [1.165, 1.54) is 4.90 Å². The zero-order valence-corrected chi connectivity index (χ0v) is 12.2. The van der Waals surface area contributed by atoms with Crippen LogP contribution in [0.5, 0.6) is 0 Å². The van der Waals surface area contributed by atoms with E-state index < -0.39 is 0 Å². The van der Waals surface area contributed by atoms with E-state index in [0.717, 1.165) is 6.42 Å². The maximum atomic E-state index is 10.9. The zero-order valence-electron chi connectivity index (χ0n) is 12.2. The molecule has 19 heavy (non-hydrogen) atoms. The second kappa shape index (κ2) is 24.9. The third-order valence-electron chi connectivity index (χ3n) is 1.58. The largest absolute Gasteiger partial charge is 0.274 e. The number of nitrogens with zero attached hydrogens (tertiary/aromatic N) is 1. The Morgan fingerprint density at radius 1 is 0.895 bits per heavy atom. The van der Waals surface area contributed by atoms with Crippen LogP contribution in [0.15, 0.2) is 64.9 Å². The molecule has 0 aliphatic carbocycles. The average molecular weight is 265 g/mol. The van der Waals surface area contributed by atoms with Gasteiger partial charge in [0.1, 0.15) is 0 Å². The molecule has 0 N–H and O–H groups in total. The molecule has 1 aliphatic rings. The van der Waals surface area contributed by atoms with Gasteiger partial charge in [-0.2, -0.15) is 0 Å². The molecule has 0 aromatic heterocycles. The first-order valence-electron chi connectivity index (χ1n) is 5.77. The van der Waals surface area contributed by atoms with E-state index in [0.29, 0.717) is 12.8 Å². The molecule has 0 spiro atoms. The van der Waals surface area contributed by atoms with Crippen molar-refractivity contribution in [2.45, 2.75) is 26.2 Å². The number of hydrogen-bond acceptors (Lipinski definition) is 2. The van der Waals surface area contributed by atoms with Gasteiger partial charge in [-0.1, -0.05) is 13.0 Å². The summed E-state index contributed by atoms with van der Waals surface area (Å²) in [4.78, 5) is 23.1. The Labute approximate surface area is 118 Å². The Hall–Kier alpha value is -2.16. The summed E-state index contributed by atoms with van der Waals surface area (Å²) in [5, 5.41) is 0. The van der Waals surface area contributed by atoms with E-state index >= 15 is 0 Å². The molecule has 1 rings (SSSR count). The van der Waals surface area contributed by atoms with Crippen LogP contribution >= 0.6 is 0 Å². The Kier molecular flexibility index (Phi) is 33.6. The number of rotatable bonds is 2. The first-order chi connectivity index (χ1) is 9.25. The van der Waals surface area contributed by atoms with Crippen molar-refractivity contribution < 1.29 is 9.59 Å². The maximum Gasteiger partial charge on any atom is 0.233 e. The van der Waals surface area contributed by atoms with E-state index in [2.05, 4.69) is 52.6 Å². The van der Waals surface area contributed by atoms with E-state index in [4.69, 9.17) is 0 Å². The lowest BCUT2D eigenvalue weighted by Crippen LogP contribution is -2.22. The monoisotopic (exact) mass is 265 g/mol. The van der Waals surface area contributed by atoms with Crippen molar-refractivity contribution in [1.82, 2.24) is 4.90 Å². The second-order valence-electron chi connectivity index (χ2n) is 2.45. The fourth-order valence-electron chi connectivity index (χ4n) is 0.971. The minimum absolute atomic E-state index is 0.0836. The fourth-order valence-corrected chi connectivity index (χ4v) is 0.971. The molecule has 0 radical (unpaired) electrons. The number of carbonyl (C=O) groups excluding carboxylic acids is 2. The van der Waals surface area contributed by atoms with Crippen LogP contribution in [-0.4, -0.2) is 16.7 Å². The van der Waals surface area contributed by atoms with E-state index in [9.17, 15) is 9.59 Å². The lowest BCUT2D eigenvalue weighted by atomic mass is 10.4. The van der Waals surface area contributed by atoms with Gasteiger partial charge >= 0.3 is 0 Å². The van der Waals surface area contributed by atoms with E-state index in [-0.39, 0.29) is 11.8 Å². The molecule has 1 fully saturated rings. The molecule has 0 aromatic carbocycles. The fraction of sp³-hybridized carbons (Fsp3) is 0.250. The van der Waals surface area contributed by atoms with Crippen LogP contribution in [0.3, 0.4) is 0 Å². The highest BCUT2D eigenvalue weighted by atomic mass is 16.2. The Morgan fingerprint density at radius 3 is 1.47 bits per heavy atom. The summed E-state index contributed by atoms with van der Waals surface area (Å²) in [6.07, 6.45) is 4.95. The molecular weight excluding hydrogens is 238 g/mol. The molecule has 0 bridgehead atoms. The molecule has 3 heteroatoms. The van der Waals surface area contributed by atoms with Crippen molar-refractivity contribution in [3.8, 4) is 0 Å². The van der Waals surface area contributed by atoms with Gasteiger partial charge in [-0.25, -0.2) is 0 Å². The van der Waals surface area contributed by atoms with Crippen molar-refractivity contribution >= 4 is 11.8 Å². The third kappa shape index (κ3) is 13.8. The molecule has 1 aliphatic heterocycles. The van der Waals surface area contributed by atoms with Crippen LogP contribution < -0.4 is 0 Å². The normalized spacial score (nSPS) is 11.7. The highest BCUT2D eigenvalue weighted by Gasteiger charge is 2.26. The van der Waals surface area contributed by atoms with Crippen molar-refractivity contribution in [3.63, 3.8) is 0 Å². The second-order valence-corrected chi connectivity index (χ2v) is 2.45. The Bertz CT molecular complexity index is 235. The average Bonchev–Trinajstić information content (AvgIpc) is 2.84. The Balaban J connectivity index is -0.000000121. The highest BCUT2D eigenvalue weighted by molar-refractivity contribution is 6.02. The van der Waals surface area contributed by atoms with Crippen LogP contribution in [-0.2, 0) is 9.59 Å². The lowest BCUT2D eigenvalue weighted by Gasteiger charge is -2.05. The maximum absolute atomic E-state index is 10.9. The summed E-state index contributed by atoms with van der Waals surface area (Å²) in [6.45, 7) is 26.0. The molecule has 3 nitrogen and oxygen atoms in total. The van der Waals surface area contributed by atoms with Crippen molar-refractivity contribution in [3.05, 3.63) is 64.9 Å². The van der Waals surface area contributed by atoms with Gasteiger partial charge in [-0.3, -0.25) is 14.5 Å². The number of amides is 2. The van der Waals surface area contributed by atoms with Gasteiger partial charge in [0.25, 0.3) is 0 Å². The van der Waals surface area contributed by atoms with Crippen LogP contribution in [0.4, 0.5) is 0 Å². The molecule has 1 saturated heterocycles. The SMILES string of the molecule is C=C.C=C.C=C.C=C.CC/C=C/N1C(=O)CCC1=O. The smallest absolute Gasteiger partial charge is 0.233 e. The molecule has 0 saturated carbocycles. The molecule has 0 unspecified atom stereocenters. The molecule has 2 amide bonds. The number of carbonyl (C=O) groups is 2. The zero-order chi connectivity index (χ0) is 16.3. The van der Waals surface area contributed by atoms with Crippen LogP contribution in [0.2, 0.25) is 0 Å². The first-order valence-corrected chi connectivity index (χ1v) is 5.77. The molecule has 108 valence electrons. The third-order valence-corrected chi connectivity index (χ3v) is 1.58. The molecular formula is C16H27NO2. The summed E-state index contributed by atoms with van der Waals surface area (Å²) in [5.41, 5.74) is 0. The Morgan fingerprint density at radius 2 is 1.21 bits per heavy atom. The van der Waals surface area contributed by atoms with Gasteiger partial charge in [0, 0.05) is 19.0 Å². The molecule has 1 heterocycles. The van der Waals surface area contributed by atoms with Gasteiger partial charge in [0.2, 0.25) is 11.8 Å². The quantitative estimate of drug-likeness (QED) is 0.552. The minimum atomic E-state index is -0.0836. The first kappa shape index (κ1) is 25.6. The van der Waals surface area contributed by atoms with Gasteiger partial charge in [0.15, 0.2) is 0 Å².